The Morgan fingerprint density at radius 1 is 1.00 bits per heavy atom. The Kier molecular flexibility index (Phi) is 3.77. The lowest BCUT2D eigenvalue weighted by atomic mass is 10.1. The van der Waals surface area contributed by atoms with Gasteiger partial charge < -0.3 is 14.8 Å². The van der Waals surface area contributed by atoms with Crippen LogP contribution in [0.25, 0.3) is 0 Å². The molecule has 98 valence electrons. The van der Waals surface area contributed by atoms with Crippen LogP contribution in [0, 0.1) is 0 Å². The van der Waals surface area contributed by atoms with Gasteiger partial charge in [-0.15, -0.1) is 0 Å². The van der Waals surface area contributed by atoms with Crippen LogP contribution < -0.4 is 10.1 Å². The van der Waals surface area contributed by atoms with E-state index in [4.69, 9.17) is 9.47 Å². The summed E-state index contributed by atoms with van der Waals surface area (Å²) in [6.45, 7) is 2.54. The number of benzene rings is 2. The maximum atomic E-state index is 5.83. The smallest absolute Gasteiger partial charge is 0.127 e. The van der Waals surface area contributed by atoms with Gasteiger partial charge in [-0.3, -0.25) is 0 Å². The summed E-state index contributed by atoms with van der Waals surface area (Å²) in [4.78, 5) is 0. The molecule has 0 saturated carbocycles. The van der Waals surface area contributed by atoms with Gasteiger partial charge in [-0.2, -0.15) is 0 Å². The maximum absolute atomic E-state index is 5.83. The Morgan fingerprint density at radius 2 is 1.84 bits per heavy atom. The van der Waals surface area contributed by atoms with Gasteiger partial charge >= 0.3 is 0 Å². The lowest BCUT2D eigenvalue weighted by molar-refractivity contribution is 0.0276. The molecule has 1 unspecified atom stereocenters. The zero-order valence-electron chi connectivity index (χ0n) is 10.7. The highest BCUT2D eigenvalue weighted by atomic mass is 16.5. The van der Waals surface area contributed by atoms with Gasteiger partial charge in [0.05, 0.1) is 12.7 Å². The largest absolute Gasteiger partial charge is 0.457 e. The fourth-order valence-electron chi connectivity index (χ4n) is 2.18. The molecular weight excluding hydrogens is 238 g/mol. The van der Waals surface area contributed by atoms with Crippen LogP contribution in [0.2, 0.25) is 0 Å². The minimum absolute atomic E-state index is 0.119. The van der Waals surface area contributed by atoms with Crippen LogP contribution in [0.3, 0.4) is 0 Å². The second kappa shape index (κ2) is 5.87. The first kappa shape index (κ1) is 12.2. The van der Waals surface area contributed by atoms with Crippen LogP contribution in [-0.2, 0) is 4.74 Å². The molecule has 2 aromatic carbocycles. The molecule has 1 fully saturated rings. The third-order valence-corrected chi connectivity index (χ3v) is 3.14. The molecule has 1 aliphatic heterocycles. The molecule has 0 spiro atoms. The topological polar surface area (TPSA) is 30.5 Å². The van der Waals surface area contributed by atoms with E-state index in [0.29, 0.717) is 0 Å². The summed E-state index contributed by atoms with van der Waals surface area (Å²) in [7, 11) is 0. The van der Waals surface area contributed by atoms with Gasteiger partial charge in [-0.1, -0.05) is 30.3 Å². The molecule has 2 aromatic rings. The Morgan fingerprint density at radius 3 is 2.63 bits per heavy atom. The monoisotopic (exact) mass is 255 g/mol. The van der Waals surface area contributed by atoms with Crippen molar-refractivity contribution in [2.24, 2.45) is 0 Å². The van der Waals surface area contributed by atoms with Gasteiger partial charge in [0, 0.05) is 13.1 Å². The van der Waals surface area contributed by atoms with Crippen LogP contribution in [0.15, 0.2) is 54.6 Å². The van der Waals surface area contributed by atoms with Crippen molar-refractivity contribution in [1.82, 2.24) is 5.32 Å². The van der Waals surface area contributed by atoms with Gasteiger partial charge in [0.1, 0.15) is 11.5 Å². The molecule has 1 saturated heterocycles. The van der Waals surface area contributed by atoms with Crippen LogP contribution in [0.4, 0.5) is 0 Å². The van der Waals surface area contributed by atoms with Gasteiger partial charge in [0.25, 0.3) is 0 Å². The van der Waals surface area contributed by atoms with Crippen molar-refractivity contribution in [2.75, 3.05) is 19.7 Å². The lowest BCUT2D eigenvalue weighted by Crippen LogP contribution is -2.33. The summed E-state index contributed by atoms with van der Waals surface area (Å²) in [6, 6.07) is 17.9. The van der Waals surface area contributed by atoms with Crippen molar-refractivity contribution in [3.05, 3.63) is 60.2 Å². The third kappa shape index (κ3) is 3.13. The Labute approximate surface area is 113 Å². The second-order valence-corrected chi connectivity index (χ2v) is 4.55. The van der Waals surface area contributed by atoms with Crippen LogP contribution in [0.5, 0.6) is 11.5 Å². The van der Waals surface area contributed by atoms with Crippen LogP contribution in [-0.4, -0.2) is 19.7 Å². The summed E-state index contributed by atoms with van der Waals surface area (Å²) in [6.07, 6.45) is 0.119. The molecule has 3 nitrogen and oxygen atoms in total. The molecule has 0 aliphatic carbocycles. The highest BCUT2D eigenvalue weighted by Gasteiger charge is 2.15. The molecule has 1 N–H and O–H groups in total. The molecule has 3 heteroatoms. The number of hydrogen-bond acceptors (Lipinski definition) is 3. The zero-order valence-corrected chi connectivity index (χ0v) is 10.7. The molecule has 1 atom stereocenters. The fraction of sp³-hybridized carbons (Fsp3) is 0.250. The number of rotatable bonds is 3. The van der Waals surface area contributed by atoms with E-state index in [-0.39, 0.29) is 6.10 Å². The first-order chi connectivity index (χ1) is 9.42. The van der Waals surface area contributed by atoms with Crippen molar-refractivity contribution >= 4 is 0 Å². The number of morpholine rings is 1. The van der Waals surface area contributed by atoms with Gasteiger partial charge in [0.2, 0.25) is 0 Å². The summed E-state index contributed by atoms with van der Waals surface area (Å²) < 4.78 is 11.6. The van der Waals surface area contributed by atoms with Crippen molar-refractivity contribution < 1.29 is 9.47 Å². The average molecular weight is 255 g/mol. The van der Waals surface area contributed by atoms with Crippen LogP contribution >= 0.6 is 0 Å². The number of ether oxygens (including phenoxy) is 2. The number of nitrogens with one attached hydrogen (secondary N) is 1. The highest BCUT2D eigenvalue weighted by Crippen LogP contribution is 2.26. The number of hydrogen-bond donors (Lipinski definition) is 1. The lowest BCUT2D eigenvalue weighted by Gasteiger charge is -2.24. The zero-order chi connectivity index (χ0) is 12.9. The molecule has 3 rings (SSSR count). The first-order valence-electron chi connectivity index (χ1n) is 6.57. The van der Waals surface area contributed by atoms with E-state index >= 15 is 0 Å². The first-order valence-corrected chi connectivity index (χ1v) is 6.57. The molecule has 0 amide bonds. The summed E-state index contributed by atoms with van der Waals surface area (Å²) in [5.41, 5.74) is 1.15. The fourth-order valence-corrected chi connectivity index (χ4v) is 2.18. The number of para-hydroxylation sites is 1. The van der Waals surface area contributed by atoms with Crippen molar-refractivity contribution in [3.63, 3.8) is 0 Å². The van der Waals surface area contributed by atoms with E-state index in [1.807, 2.05) is 48.5 Å². The maximum Gasteiger partial charge on any atom is 0.127 e. The van der Waals surface area contributed by atoms with Crippen molar-refractivity contribution in [3.8, 4) is 11.5 Å². The average Bonchev–Trinajstić information content (AvgIpc) is 2.49. The standard InChI is InChI=1S/C16H17NO2/c1-2-6-14(7-3-1)19-15-8-4-5-13(11-15)16-12-17-9-10-18-16/h1-8,11,16-17H,9-10,12H2. The third-order valence-electron chi connectivity index (χ3n) is 3.14. The summed E-state index contributed by atoms with van der Waals surface area (Å²) >= 11 is 0. The minimum Gasteiger partial charge on any atom is -0.457 e. The summed E-state index contributed by atoms with van der Waals surface area (Å²) in [5.74, 6) is 1.69. The van der Waals surface area contributed by atoms with Gasteiger partial charge in [-0.25, -0.2) is 0 Å². The van der Waals surface area contributed by atoms with Gasteiger partial charge in [0.15, 0.2) is 0 Å². The SMILES string of the molecule is c1ccc(Oc2cccc(C3CNCCO3)c2)cc1. The molecule has 1 heterocycles. The molecule has 0 aromatic heterocycles. The molecule has 1 aliphatic rings. The van der Waals surface area contributed by atoms with E-state index in [9.17, 15) is 0 Å². The quantitative estimate of drug-likeness (QED) is 0.914. The van der Waals surface area contributed by atoms with E-state index in [1.165, 1.54) is 0 Å². The Bertz CT molecular complexity index is 521. The van der Waals surface area contributed by atoms with E-state index in [0.717, 1.165) is 36.8 Å². The van der Waals surface area contributed by atoms with Crippen molar-refractivity contribution in [1.29, 1.82) is 0 Å². The van der Waals surface area contributed by atoms with E-state index < -0.39 is 0 Å². The molecule has 19 heavy (non-hydrogen) atoms. The van der Waals surface area contributed by atoms with Crippen molar-refractivity contribution in [2.45, 2.75) is 6.10 Å². The van der Waals surface area contributed by atoms with E-state index in [1.54, 1.807) is 0 Å². The Balaban J connectivity index is 1.76. The minimum atomic E-state index is 0.119. The molecule has 0 bridgehead atoms. The normalized spacial score (nSPS) is 19.1. The molecule has 0 radical (unpaired) electrons. The highest BCUT2D eigenvalue weighted by molar-refractivity contribution is 5.34. The van der Waals surface area contributed by atoms with Gasteiger partial charge in [-0.05, 0) is 29.8 Å². The second-order valence-electron chi connectivity index (χ2n) is 4.55. The Hall–Kier alpha value is -1.84. The van der Waals surface area contributed by atoms with E-state index in [2.05, 4.69) is 11.4 Å². The predicted molar refractivity (Wildman–Crippen MR) is 74.5 cm³/mol. The van der Waals surface area contributed by atoms with Crippen LogP contribution in [0.1, 0.15) is 11.7 Å². The molecular formula is C16H17NO2. The predicted octanol–water partition coefficient (Wildman–Crippen LogP) is 3.14. The summed E-state index contributed by atoms with van der Waals surface area (Å²) in [5, 5.41) is 3.34.